The van der Waals surface area contributed by atoms with Gasteiger partial charge in [0.15, 0.2) is 0 Å². The minimum absolute atomic E-state index is 0.265. The molecule has 0 amide bonds. The minimum atomic E-state index is -0.265. The highest BCUT2D eigenvalue weighted by atomic mass is 19.1. The number of aromatic nitrogens is 1. The van der Waals surface area contributed by atoms with Crippen molar-refractivity contribution in [3.05, 3.63) is 41.3 Å². The van der Waals surface area contributed by atoms with Gasteiger partial charge in [-0.05, 0) is 30.7 Å². The normalized spacial score (nSPS) is 10.8. The van der Waals surface area contributed by atoms with E-state index in [1.807, 2.05) is 13.0 Å². The molecule has 0 saturated heterocycles. The Morgan fingerprint density at radius 3 is 2.86 bits per heavy atom. The summed E-state index contributed by atoms with van der Waals surface area (Å²) in [5.41, 5.74) is 8.14. The summed E-state index contributed by atoms with van der Waals surface area (Å²) in [6.07, 6.45) is 0. The molecule has 0 unspecified atom stereocenters. The molecule has 0 aliphatic carbocycles. The average molecular weight is 190 g/mol. The summed E-state index contributed by atoms with van der Waals surface area (Å²) in [4.78, 5) is 4.25. The number of hydrogen-bond acceptors (Lipinski definition) is 2. The highest BCUT2D eigenvalue weighted by molar-refractivity contribution is 5.82. The molecule has 72 valence electrons. The second kappa shape index (κ2) is 3.35. The van der Waals surface area contributed by atoms with E-state index in [2.05, 4.69) is 4.98 Å². The smallest absolute Gasteiger partial charge is 0.125 e. The van der Waals surface area contributed by atoms with Crippen molar-refractivity contribution in [1.82, 2.24) is 4.98 Å². The number of fused-ring (bicyclic) bond motifs is 1. The lowest BCUT2D eigenvalue weighted by molar-refractivity contribution is 0.629. The third-order valence-electron chi connectivity index (χ3n) is 2.21. The molecule has 0 fully saturated rings. The first kappa shape index (κ1) is 9.09. The minimum Gasteiger partial charge on any atom is -0.326 e. The number of halogens is 1. The SMILES string of the molecule is Cc1cc(CN)c2ccc(F)cc2n1. The molecule has 14 heavy (non-hydrogen) atoms. The first-order chi connectivity index (χ1) is 6.70. The highest BCUT2D eigenvalue weighted by Gasteiger charge is 2.03. The standard InChI is InChI=1S/C11H11FN2/c1-7-4-8(6-13)10-3-2-9(12)5-11(10)14-7/h2-5H,6,13H2,1H3. The molecule has 0 saturated carbocycles. The zero-order valence-corrected chi connectivity index (χ0v) is 7.92. The van der Waals surface area contributed by atoms with E-state index in [0.717, 1.165) is 16.6 Å². The number of pyridine rings is 1. The maximum atomic E-state index is 12.9. The van der Waals surface area contributed by atoms with Gasteiger partial charge in [-0.2, -0.15) is 0 Å². The first-order valence-electron chi connectivity index (χ1n) is 4.46. The van der Waals surface area contributed by atoms with Gasteiger partial charge >= 0.3 is 0 Å². The molecule has 1 aromatic heterocycles. The summed E-state index contributed by atoms with van der Waals surface area (Å²) in [5, 5.41) is 0.930. The van der Waals surface area contributed by atoms with Crippen LogP contribution in [0.5, 0.6) is 0 Å². The van der Waals surface area contributed by atoms with Crippen LogP contribution in [0.25, 0.3) is 10.9 Å². The third-order valence-corrected chi connectivity index (χ3v) is 2.21. The van der Waals surface area contributed by atoms with Gasteiger partial charge in [0, 0.05) is 23.7 Å². The van der Waals surface area contributed by atoms with E-state index in [1.54, 1.807) is 6.07 Å². The summed E-state index contributed by atoms with van der Waals surface area (Å²) in [5.74, 6) is -0.265. The van der Waals surface area contributed by atoms with E-state index in [9.17, 15) is 4.39 Å². The predicted octanol–water partition coefficient (Wildman–Crippen LogP) is 2.14. The first-order valence-corrected chi connectivity index (χ1v) is 4.46. The fraction of sp³-hybridized carbons (Fsp3) is 0.182. The van der Waals surface area contributed by atoms with Crippen molar-refractivity contribution in [2.45, 2.75) is 13.5 Å². The van der Waals surface area contributed by atoms with Crippen molar-refractivity contribution in [3.63, 3.8) is 0 Å². The molecule has 3 heteroatoms. The van der Waals surface area contributed by atoms with E-state index >= 15 is 0 Å². The molecular weight excluding hydrogens is 179 g/mol. The molecule has 0 spiro atoms. The van der Waals surface area contributed by atoms with Crippen LogP contribution in [0.1, 0.15) is 11.3 Å². The molecule has 0 aliphatic rings. The molecule has 0 bridgehead atoms. The Kier molecular flexibility index (Phi) is 2.17. The number of benzene rings is 1. The molecule has 1 aromatic carbocycles. The quantitative estimate of drug-likeness (QED) is 0.748. The molecule has 0 aliphatic heterocycles. The Balaban J connectivity index is 2.81. The molecule has 0 radical (unpaired) electrons. The van der Waals surface area contributed by atoms with Gasteiger partial charge in [-0.25, -0.2) is 4.39 Å². The van der Waals surface area contributed by atoms with E-state index in [0.29, 0.717) is 12.1 Å². The zero-order chi connectivity index (χ0) is 10.1. The lowest BCUT2D eigenvalue weighted by Crippen LogP contribution is -1.99. The molecule has 2 N–H and O–H groups in total. The van der Waals surface area contributed by atoms with Crippen molar-refractivity contribution < 1.29 is 4.39 Å². The summed E-state index contributed by atoms with van der Waals surface area (Å²) < 4.78 is 12.9. The second-order valence-corrected chi connectivity index (χ2v) is 3.29. The molecule has 0 atom stereocenters. The van der Waals surface area contributed by atoms with Crippen molar-refractivity contribution in [3.8, 4) is 0 Å². The zero-order valence-electron chi connectivity index (χ0n) is 7.92. The van der Waals surface area contributed by atoms with Gasteiger partial charge in [-0.1, -0.05) is 0 Å². The van der Waals surface area contributed by atoms with E-state index < -0.39 is 0 Å². The Morgan fingerprint density at radius 2 is 2.14 bits per heavy atom. The van der Waals surface area contributed by atoms with Crippen LogP contribution in [0.15, 0.2) is 24.3 Å². The van der Waals surface area contributed by atoms with Crippen LogP contribution in [0.2, 0.25) is 0 Å². The van der Waals surface area contributed by atoms with Crippen LogP contribution in [0, 0.1) is 12.7 Å². The Hall–Kier alpha value is -1.48. The largest absolute Gasteiger partial charge is 0.326 e. The number of nitrogens with two attached hydrogens (primary N) is 1. The second-order valence-electron chi connectivity index (χ2n) is 3.29. The predicted molar refractivity (Wildman–Crippen MR) is 54.3 cm³/mol. The molecule has 2 nitrogen and oxygen atoms in total. The summed E-state index contributed by atoms with van der Waals surface area (Å²) in [6, 6.07) is 6.51. The molecule has 1 heterocycles. The van der Waals surface area contributed by atoms with Crippen molar-refractivity contribution in [2.24, 2.45) is 5.73 Å². The monoisotopic (exact) mass is 190 g/mol. The van der Waals surface area contributed by atoms with Crippen molar-refractivity contribution in [2.75, 3.05) is 0 Å². The van der Waals surface area contributed by atoms with Crippen LogP contribution in [0.3, 0.4) is 0 Å². The van der Waals surface area contributed by atoms with Crippen LogP contribution >= 0.6 is 0 Å². The maximum absolute atomic E-state index is 12.9. The number of aryl methyl sites for hydroxylation is 1. The van der Waals surface area contributed by atoms with Crippen molar-refractivity contribution in [1.29, 1.82) is 0 Å². The van der Waals surface area contributed by atoms with E-state index in [1.165, 1.54) is 12.1 Å². The maximum Gasteiger partial charge on any atom is 0.125 e. The van der Waals surface area contributed by atoms with E-state index in [-0.39, 0.29) is 5.82 Å². The average Bonchev–Trinajstić information content (AvgIpc) is 2.15. The number of nitrogens with zero attached hydrogens (tertiary/aromatic N) is 1. The summed E-state index contributed by atoms with van der Waals surface area (Å²) in [6.45, 7) is 2.33. The van der Waals surface area contributed by atoms with Crippen LogP contribution < -0.4 is 5.73 Å². The Labute approximate surface area is 81.6 Å². The lowest BCUT2D eigenvalue weighted by atomic mass is 10.1. The molecule has 2 aromatic rings. The van der Waals surface area contributed by atoms with Crippen LogP contribution in [-0.2, 0) is 6.54 Å². The number of hydrogen-bond donors (Lipinski definition) is 1. The summed E-state index contributed by atoms with van der Waals surface area (Å²) >= 11 is 0. The van der Waals surface area contributed by atoms with Gasteiger partial charge in [-0.3, -0.25) is 4.98 Å². The third kappa shape index (κ3) is 1.46. The van der Waals surface area contributed by atoms with Gasteiger partial charge in [0.2, 0.25) is 0 Å². The van der Waals surface area contributed by atoms with Gasteiger partial charge in [-0.15, -0.1) is 0 Å². The lowest BCUT2D eigenvalue weighted by Gasteiger charge is -2.05. The van der Waals surface area contributed by atoms with Gasteiger partial charge in [0.25, 0.3) is 0 Å². The van der Waals surface area contributed by atoms with Crippen molar-refractivity contribution >= 4 is 10.9 Å². The summed E-state index contributed by atoms with van der Waals surface area (Å²) in [7, 11) is 0. The van der Waals surface area contributed by atoms with Gasteiger partial charge in [0.1, 0.15) is 5.82 Å². The van der Waals surface area contributed by atoms with Crippen LogP contribution in [0.4, 0.5) is 4.39 Å². The van der Waals surface area contributed by atoms with E-state index in [4.69, 9.17) is 5.73 Å². The molecule has 2 rings (SSSR count). The van der Waals surface area contributed by atoms with Gasteiger partial charge in [0.05, 0.1) is 5.52 Å². The topological polar surface area (TPSA) is 38.9 Å². The fourth-order valence-corrected chi connectivity index (χ4v) is 1.59. The number of rotatable bonds is 1. The van der Waals surface area contributed by atoms with Crippen LogP contribution in [-0.4, -0.2) is 4.98 Å². The Morgan fingerprint density at radius 1 is 1.36 bits per heavy atom. The fourth-order valence-electron chi connectivity index (χ4n) is 1.59. The van der Waals surface area contributed by atoms with Gasteiger partial charge < -0.3 is 5.73 Å². The molecular formula is C11H11FN2. The highest BCUT2D eigenvalue weighted by Crippen LogP contribution is 2.18. The Bertz CT molecular complexity index is 475.